The van der Waals surface area contributed by atoms with Gasteiger partial charge in [0.05, 0.1) is 12.8 Å². The first-order chi connectivity index (χ1) is 8.22. The number of rotatable bonds is 4. The molecule has 1 heterocycles. The normalized spacial score (nSPS) is 23.6. The molecular formula is C12H19N3OS. The molecule has 0 radical (unpaired) electrons. The van der Waals surface area contributed by atoms with E-state index in [1.54, 1.807) is 13.2 Å². The van der Waals surface area contributed by atoms with E-state index in [1.165, 1.54) is 19.3 Å². The lowest BCUT2D eigenvalue weighted by atomic mass is 10.2. The molecule has 1 aromatic heterocycles. The number of nitrogen functional groups attached to an aromatic ring is 1. The maximum Gasteiger partial charge on any atom is 0.215 e. The van der Waals surface area contributed by atoms with Crippen molar-refractivity contribution in [1.29, 1.82) is 0 Å². The number of nitrogens with two attached hydrogens (primary N) is 1. The van der Waals surface area contributed by atoms with Crippen molar-refractivity contribution in [3.63, 3.8) is 0 Å². The van der Waals surface area contributed by atoms with Crippen molar-refractivity contribution in [3.05, 3.63) is 12.1 Å². The number of hydrogen-bond donors (Lipinski definition) is 2. The summed E-state index contributed by atoms with van der Waals surface area (Å²) in [6, 6.07) is 4.09. The maximum atomic E-state index is 5.90. The number of nitrogens with zero attached hydrogens (tertiary/aromatic N) is 1. The molecule has 1 saturated carbocycles. The van der Waals surface area contributed by atoms with Gasteiger partial charge in [-0.05, 0) is 31.6 Å². The second-order valence-corrected chi connectivity index (χ2v) is 5.44. The third-order valence-electron chi connectivity index (χ3n) is 3.17. The van der Waals surface area contributed by atoms with Crippen LogP contribution in [0.2, 0.25) is 0 Å². The van der Waals surface area contributed by atoms with Crippen molar-refractivity contribution >= 4 is 23.3 Å². The molecule has 2 atom stereocenters. The van der Waals surface area contributed by atoms with Crippen molar-refractivity contribution in [1.82, 2.24) is 4.98 Å². The monoisotopic (exact) mass is 253 g/mol. The van der Waals surface area contributed by atoms with E-state index >= 15 is 0 Å². The van der Waals surface area contributed by atoms with E-state index in [0.29, 0.717) is 17.6 Å². The Morgan fingerprint density at radius 3 is 2.94 bits per heavy atom. The van der Waals surface area contributed by atoms with Crippen LogP contribution in [0.15, 0.2) is 12.1 Å². The lowest BCUT2D eigenvalue weighted by Crippen LogP contribution is -2.18. The molecule has 5 heteroatoms. The largest absolute Gasteiger partial charge is 0.481 e. The first-order valence-electron chi connectivity index (χ1n) is 5.82. The summed E-state index contributed by atoms with van der Waals surface area (Å²) >= 11 is 1.94. The summed E-state index contributed by atoms with van der Waals surface area (Å²) in [7, 11) is 1.61. The summed E-state index contributed by atoms with van der Waals surface area (Å²) in [6.45, 7) is 0. The number of anilines is 2. The average molecular weight is 253 g/mol. The Hall–Kier alpha value is -1.10. The molecule has 3 N–H and O–H groups in total. The minimum atomic E-state index is 0.481. The molecule has 94 valence electrons. The van der Waals surface area contributed by atoms with Crippen LogP contribution in [-0.4, -0.2) is 29.6 Å². The number of nitrogens with one attached hydrogen (secondary N) is 1. The molecule has 1 aliphatic rings. The molecule has 1 aliphatic carbocycles. The third-order valence-corrected chi connectivity index (χ3v) is 4.26. The Morgan fingerprint density at radius 1 is 1.47 bits per heavy atom. The number of methoxy groups -OCH3 is 1. The Balaban J connectivity index is 2.03. The molecule has 2 rings (SSSR count). The number of thioether (sulfide) groups is 1. The summed E-state index contributed by atoms with van der Waals surface area (Å²) in [5, 5.41) is 4.18. The van der Waals surface area contributed by atoms with Gasteiger partial charge in [0.25, 0.3) is 0 Å². The summed E-state index contributed by atoms with van der Waals surface area (Å²) in [5.74, 6) is 1.34. The smallest absolute Gasteiger partial charge is 0.215 e. The van der Waals surface area contributed by atoms with Crippen LogP contribution in [0.4, 0.5) is 11.5 Å². The van der Waals surface area contributed by atoms with Gasteiger partial charge in [0.2, 0.25) is 5.88 Å². The molecule has 1 aromatic rings. The highest BCUT2D eigenvalue weighted by atomic mass is 32.2. The minimum absolute atomic E-state index is 0.481. The quantitative estimate of drug-likeness (QED) is 0.862. The van der Waals surface area contributed by atoms with Crippen LogP contribution in [0.1, 0.15) is 19.3 Å². The lowest BCUT2D eigenvalue weighted by molar-refractivity contribution is 0.398. The molecule has 0 aliphatic heterocycles. The lowest BCUT2D eigenvalue weighted by Gasteiger charge is -2.15. The number of pyridine rings is 1. The molecular weight excluding hydrogens is 234 g/mol. The van der Waals surface area contributed by atoms with Gasteiger partial charge in [-0.3, -0.25) is 0 Å². The molecule has 1 fully saturated rings. The van der Waals surface area contributed by atoms with Gasteiger partial charge in [-0.15, -0.1) is 0 Å². The first-order valence-corrected chi connectivity index (χ1v) is 7.11. The zero-order valence-electron chi connectivity index (χ0n) is 10.3. The Kier molecular flexibility index (Phi) is 3.99. The van der Waals surface area contributed by atoms with Crippen molar-refractivity contribution in [2.45, 2.75) is 30.6 Å². The Labute approximate surface area is 106 Å². The predicted octanol–water partition coefficient (Wildman–Crippen LogP) is 2.37. The van der Waals surface area contributed by atoms with Crippen molar-refractivity contribution < 1.29 is 4.74 Å². The van der Waals surface area contributed by atoms with E-state index in [2.05, 4.69) is 16.6 Å². The van der Waals surface area contributed by atoms with E-state index in [1.807, 2.05) is 17.8 Å². The van der Waals surface area contributed by atoms with Crippen LogP contribution in [0.5, 0.6) is 5.88 Å². The molecule has 0 bridgehead atoms. The highest BCUT2D eigenvalue weighted by molar-refractivity contribution is 7.99. The van der Waals surface area contributed by atoms with Crippen molar-refractivity contribution in [2.24, 2.45) is 0 Å². The zero-order chi connectivity index (χ0) is 12.3. The third kappa shape index (κ3) is 2.97. The fraction of sp³-hybridized carbons (Fsp3) is 0.583. The van der Waals surface area contributed by atoms with Gasteiger partial charge in [0.15, 0.2) is 5.82 Å². The van der Waals surface area contributed by atoms with E-state index < -0.39 is 0 Å². The summed E-state index contributed by atoms with van der Waals surface area (Å²) in [6.07, 6.45) is 5.80. The van der Waals surface area contributed by atoms with Gasteiger partial charge in [0.1, 0.15) is 0 Å². The van der Waals surface area contributed by atoms with Gasteiger partial charge in [0, 0.05) is 17.4 Å². The fourth-order valence-electron chi connectivity index (χ4n) is 2.16. The van der Waals surface area contributed by atoms with Crippen LogP contribution < -0.4 is 15.8 Å². The molecule has 0 spiro atoms. The van der Waals surface area contributed by atoms with Crippen LogP contribution >= 0.6 is 11.8 Å². The summed E-state index contributed by atoms with van der Waals surface area (Å²) < 4.78 is 5.11. The summed E-state index contributed by atoms with van der Waals surface area (Å²) in [4.78, 5) is 4.34. The van der Waals surface area contributed by atoms with Crippen molar-refractivity contribution in [3.8, 4) is 5.88 Å². The number of aromatic nitrogens is 1. The van der Waals surface area contributed by atoms with Crippen LogP contribution in [0, 0.1) is 0 Å². The second-order valence-electron chi connectivity index (χ2n) is 4.30. The highest BCUT2D eigenvalue weighted by Gasteiger charge is 2.24. The minimum Gasteiger partial charge on any atom is -0.481 e. The van der Waals surface area contributed by atoms with E-state index in [4.69, 9.17) is 10.5 Å². The van der Waals surface area contributed by atoms with E-state index in [-0.39, 0.29) is 0 Å². The molecule has 0 amide bonds. The summed E-state index contributed by atoms with van der Waals surface area (Å²) in [5.41, 5.74) is 6.58. The maximum absolute atomic E-state index is 5.90. The zero-order valence-corrected chi connectivity index (χ0v) is 11.1. The number of hydrogen-bond acceptors (Lipinski definition) is 5. The van der Waals surface area contributed by atoms with E-state index in [0.717, 1.165) is 11.1 Å². The predicted molar refractivity (Wildman–Crippen MR) is 73.8 cm³/mol. The van der Waals surface area contributed by atoms with Crippen LogP contribution in [0.3, 0.4) is 0 Å². The Bertz CT molecular complexity index is 386. The van der Waals surface area contributed by atoms with Crippen molar-refractivity contribution in [2.75, 3.05) is 24.4 Å². The molecule has 0 saturated heterocycles. The molecule has 4 nitrogen and oxygen atoms in total. The van der Waals surface area contributed by atoms with Gasteiger partial charge < -0.3 is 15.8 Å². The topological polar surface area (TPSA) is 60.2 Å². The Morgan fingerprint density at radius 2 is 2.29 bits per heavy atom. The van der Waals surface area contributed by atoms with Gasteiger partial charge in [-0.25, -0.2) is 0 Å². The van der Waals surface area contributed by atoms with Gasteiger partial charge in [-0.1, -0.05) is 0 Å². The second kappa shape index (κ2) is 5.49. The van der Waals surface area contributed by atoms with Gasteiger partial charge in [-0.2, -0.15) is 16.7 Å². The standard InChI is InChI=1S/C12H19N3OS/c1-16-11-6-5-10(13)12(15-11)14-8-3-4-9(7-8)17-2/h5-6,8-9H,3-4,7,13H2,1-2H3,(H,14,15). The first kappa shape index (κ1) is 12.4. The van der Waals surface area contributed by atoms with Gasteiger partial charge >= 0.3 is 0 Å². The van der Waals surface area contributed by atoms with Crippen LogP contribution in [-0.2, 0) is 0 Å². The molecule has 0 aromatic carbocycles. The molecule has 2 unspecified atom stereocenters. The highest BCUT2D eigenvalue weighted by Crippen LogP contribution is 2.31. The fourth-order valence-corrected chi connectivity index (χ4v) is 2.96. The molecule has 17 heavy (non-hydrogen) atoms. The average Bonchev–Trinajstić information content (AvgIpc) is 2.80. The van der Waals surface area contributed by atoms with E-state index in [9.17, 15) is 0 Å². The van der Waals surface area contributed by atoms with Crippen LogP contribution in [0.25, 0.3) is 0 Å². The SMILES string of the molecule is COc1ccc(N)c(NC2CCC(SC)C2)n1. The number of ether oxygens (including phenoxy) is 1.